The van der Waals surface area contributed by atoms with Crippen molar-refractivity contribution in [1.82, 2.24) is 10.6 Å². The molecule has 0 bridgehead atoms. The van der Waals surface area contributed by atoms with Crippen LogP contribution in [0.15, 0.2) is 34.9 Å². The van der Waals surface area contributed by atoms with Crippen LogP contribution < -0.4 is 10.6 Å². The lowest BCUT2D eigenvalue weighted by Gasteiger charge is -2.20. The summed E-state index contributed by atoms with van der Waals surface area (Å²) in [6.45, 7) is 1.91. The fourth-order valence-electron chi connectivity index (χ4n) is 2.30. The Kier molecular flexibility index (Phi) is 5.56. The van der Waals surface area contributed by atoms with Crippen molar-refractivity contribution in [3.05, 3.63) is 34.9 Å². The average molecular weight is 295 g/mol. The van der Waals surface area contributed by atoms with Gasteiger partial charge in [-0.3, -0.25) is 14.9 Å². The number of amides is 2. The van der Waals surface area contributed by atoms with Crippen LogP contribution in [0.1, 0.15) is 25.7 Å². The van der Waals surface area contributed by atoms with Crippen molar-refractivity contribution >= 4 is 23.4 Å². The van der Waals surface area contributed by atoms with E-state index in [1.54, 1.807) is 0 Å². The van der Waals surface area contributed by atoms with Crippen molar-refractivity contribution in [2.45, 2.75) is 25.7 Å². The van der Waals surface area contributed by atoms with Gasteiger partial charge >= 0.3 is 0 Å². The Morgan fingerprint density at radius 1 is 1.40 bits per heavy atom. The predicted octanol–water partition coefficient (Wildman–Crippen LogP) is 2.03. The van der Waals surface area contributed by atoms with Crippen LogP contribution in [0.25, 0.3) is 0 Å². The second kappa shape index (κ2) is 7.41. The van der Waals surface area contributed by atoms with E-state index in [9.17, 15) is 9.59 Å². The molecule has 2 rings (SSSR count). The normalized spacial score (nSPS) is 24.8. The van der Waals surface area contributed by atoms with Gasteiger partial charge in [0.25, 0.3) is 0 Å². The number of nitrogens with one attached hydrogen (secondary N) is 2. The first-order valence-electron chi connectivity index (χ1n) is 6.91. The third-order valence-corrected chi connectivity index (χ3v) is 3.76. The number of halogens is 1. The fourth-order valence-corrected chi connectivity index (χ4v) is 2.56. The molecule has 0 aromatic carbocycles. The van der Waals surface area contributed by atoms with E-state index in [0.717, 1.165) is 19.5 Å². The second-order valence-corrected chi connectivity index (χ2v) is 5.54. The number of hydrogen-bond donors (Lipinski definition) is 2. The molecular weight excluding hydrogens is 276 g/mol. The molecule has 108 valence electrons. The van der Waals surface area contributed by atoms with Gasteiger partial charge < -0.3 is 5.32 Å². The van der Waals surface area contributed by atoms with Crippen molar-refractivity contribution in [2.75, 3.05) is 13.1 Å². The molecular formula is C15H19ClN2O2. The summed E-state index contributed by atoms with van der Waals surface area (Å²) in [4.78, 5) is 22.7. The zero-order valence-corrected chi connectivity index (χ0v) is 12.1. The number of rotatable bonds is 4. The molecule has 2 aliphatic heterocycles. The van der Waals surface area contributed by atoms with E-state index in [-0.39, 0.29) is 17.7 Å². The maximum atomic E-state index is 11.6. The molecule has 2 heterocycles. The minimum Gasteiger partial charge on any atom is -0.313 e. The highest BCUT2D eigenvalue weighted by molar-refractivity contribution is 6.29. The highest BCUT2D eigenvalue weighted by Crippen LogP contribution is 2.23. The molecule has 1 unspecified atom stereocenters. The SMILES string of the molecule is O=C1CCC(C/C(Cl)=C/C=C/C2=CCNCC2)C(=O)N1. The minimum absolute atomic E-state index is 0.191. The van der Waals surface area contributed by atoms with Crippen LogP contribution in [0.3, 0.4) is 0 Å². The summed E-state index contributed by atoms with van der Waals surface area (Å²) >= 11 is 6.15. The van der Waals surface area contributed by atoms with Crippen LogP contribution in [0.5, 0.6) is 0 Å². The molecule has 2 N–H and O–H groups in total. The highest BCUT2D eigenvalue weighted by atomic mass is 35.5. The lowest BCUT2D eigenvalue weighted by atomic mass is 9.94. The number of allylic oxidation sites excluding steroid dienone is 4. The molecule has 1 atom stereocenters. The largest absolute Gasteiger partial charge is 0.313 e. The van der Waals surface area contributed by atoms with Gasteiger partial charge in [-0.15, -0.1) is 0 Å². The van der Waals surface area contributed by atoms with Gasteiger partial charge in [-0.25, -0.2) is 0 Å². The molecule has 1 saturated heterocycles. The fraction of sp³-hybridized carbons (Fsp3) is 0.467. The summed E-state index contributed by atoms with van der Waals surface area (Å²) in [7, 11) is 0. The number of piperidine rings is 1. The molecule has 4 nitrogen and oxygen atoms in total. The first-order valence-corrected chi connectivity index (χ1v) is 7.29. The Morgan fingerprint density at radius 3 is 2.95 bits per heavy atom. The summed E-state index contributed by atoms with van der Waals surface area (Å²) in [6, 6.07) is 0. The van der Waals surface area contributed by atoms with Crippen LogP contribution in [-0.2, 0) is 9.59 Å². The molecule has 0 radical (unpaired) electrons. The Balaban J connectivity index is 1.84. The van der Waals surface area contributed by atoms with Crippen LogP contribution >= 0.6 is 11.6 Å². The zero-order chi connectivity index (χ0) is 14.4. The van der Waals surface area contributed by atoms with E-state index < -0.39 is 0 Å². The van der Waals surface area contributed by atoms with Crippen molar-refractivity contribution in [3.63, 3.8) is 0 Å². The molecule has 0 spiro atoms. The Morgan fingerprint density at radius 2 is 2.25 bits per heavy atom. The van der Waals surface area contributed by atoms with E-state index in [2.05, 4.69) is 16.7 Å². The van der Waals surface area contributed by atoms with Gasteiger partial charge in [-0.1, -0.05) is 29.8 Å². The van der Waals surface area contributed by atoms with E-state index in [1.165, 1.54) is 5.57 Å². The van der Waals surface area contributed by atoms with Crippen LogP contribution in [0, 0.1) is 5.92 Å². The van der Waals surface area contributed by atoms with Crippen molar-refractivity contribution in [2.24, 2.45) is 5.92 Å². The first kappa shape index (κ1) is 15.0. The van der Waals surface area contributed by atoms with E-state index in [4.69, 9.17) is 11.6 Å². The molecule has 0 aromatic rings. The molecule has 5 heteroatoms. The standard InChI is InChI=1S/C15H19ClN2O2/c16-13(3-1-2-11-6-8-17-9-7-11)10-12-4-5-14(19)18-15(12)20/h1-3,6,12,17H,4-5,7-10H2,(H,18,19,20)/b2-1+,13-3-. The number of carbonyl (C=O) groups is 2. The minimum atomic E-state index is -0.210. The van der Waals surface area contributed by atoms with E-state index in [1.807, 2.05) is 18.2 Å². The van der Waals surface area contributed by atoms with Gasteiger partial charge in [0.2, 0.25) is 11.8 Å². The third-order valence-electron chi connectivity index (χ3n) is 3.48. The average Bonchev–Trinajstić information content (AvgIpc) is 2.43. The van der Waals surface area contributed by atoms with Crippen molar-refractivity contribution in [3.8, 4) is 0 Å². The van der Waals surface area contributed by atoms with Gasteiger partial charge in [0.1, 0.15) is 0 Å². The molecule has 0 aliphatic carbocycles. The first-order chi connectivity index (χ1) is 9.65. The van der Waals surface area contributed by atoms with Crippen LogP contribution in [0.2, 0.25) is 0 Å². The predicted molar refractivity (Wildman–Crippen MR) is 79.1 cm³/mol. The lowest BCUT2D eigenvalue weighted by molar-refractivity contribution is -0.136. The zero-order valence-electron chi connectivity index (χ0n) is 11.3. The van der Waals surface area contributed by atoms with Gasteiger partial charge in [0.05, 0.1) is 0 Å². The van der Waals surface area contributed by atoms with Gasteiger partial charge in [-0.2, -0.15) is 0 Å². The highest BCUT2D eigenvalue weighted by Gasteiger charge is 2.26. The maximum absolute atomic E-state index is 11.6. The number of hydrogen-bond acceptors (Lipinski definition) is 3. The van der Waals surface area contributed by atoms with E-state index >= 15 is 0 Å². The molecule has 2 amide bonds. The topological polar surface area (TPSA) is 58.2 Å². The molecule has 0 aromatic heterocycles. The summed E-state index contributed by atoms with van der Waals surface area (Å²) in [6.07, 6.45) is 10.4. The molecule has 2 aliphatic rings. The Hall–Kier alpha value is -1.39. The third kappa shape index (κ3) is 4.62. The van der Waals surface area contributed by atoms with Gasteiger partial charge in [0, 0.05) is 23.9 Å². The van der Waals surface area contributed by atoms with Crippen molar-refractivity contribution < 1.29 is 9.59 Å². The summed E-state index contributed by atoms with van der Waals surface area (Å²) in [5.41, 5.74) is 1.30. The quantitative estimate of drug-likeness (QED) is 0.616. The molecule has 0 saturated carbocycles. The van der Waals surface area contributed by atoms with E-state index in [0.29, 0.717) is 24.3 Å². The van der Waals surface area contributed by atoms with Crippen molar-refractivity contribution in [1.29, 1.82) is 0 Å². The Bertz CT molecular complexity index is 480. The lowest BCUT2D eigenvalue weighted by Crippen LogP contribution is -2.40. The summed E-state index contributed by atoms with van der Waals surface area (Å²) in [5, 5.41) is 6.24. The second-order valence-electron chi connectivity index (χ2n) is 5.06. The smallest absolute Gasteiger partial charge is 0.230 e. The van der Waals surface area contributed by atoms with Crippen LogP contribution in [0.4, 0.5) is 0 Å². The summed E-state index contributed by atoms with van der Waals surface area (Å²) < 4.78 is 0. The maximum Gasteiger partial charge on any atom is 0.230 e. The summed E-state index contributed by atoms with van der Waals surface area (Å²) in [5.74, 6) is -0.593. The van der Waals surface area contributed by atoms with Crippen LogP contribution in [-0.4, -0.2) is 24.9 Å². The monoisotopic (exact) mass is 294 g/mol. The number of carbonyl (C=O) groups excluding carboxylic acids is 2. The van der Waals surface area contributed by atoms with Gasteiger partial charge in [-0.05, 0) is 37.5 Å². The van der Waals surface area contributed by atoms with Gasteiger partial charge in [0.15, 0.2) is 0 Å². The molecule has 1 fully saturated rings. The Labute approximate surface area is 123 Å². The number of imide groups is 1. The molecule has 20 heavy (non-hydrogen) atoms.